The fourth-order valence-electron chi connectivity index (χ4n) is 2.72. The van der Waals surface area contributed by atoms with Crippen LogP contribution < -0.4 is 5.32 Å². The zero-order chi connectivity index (χ0) is 20.1. The largest absolute Gasteiger partial charge is 0.337 e. The average molecular weight is 380 g/mol. The average Bonchev–Trinajstić information content (AvgIpc) is 2.71. The quantitative estimate of drug-likeness (QED) is 0.709. The molecule has 0 atom stereocenters. The van der Waals surface area contributed by atoms with E-state index in [-0.39, 0.29) is 17.2 Å². The van der Waals surface area contributed by atoms with Gasteiger partial charge in [-0.2, -0.15) is 0 Å². The predicted molar refractivity (Wildman–Crippen MR) is 103 cm³/mol. The van der Waals surface area contributed by atoms with Crippen molar-refractivity contribution in [2.24, 2.45) is 0 Å². The second kappa shape index (κ2) is 8.43. The van der Waals surface area contributed by atoms with Crippen LogP contribution in [0.3, 0.4) is 0 Å². The minimum absolute atomic E-state index is 0.127. The lowest BCUT2D eigenvalue weighted by Gasteiger charge is -2.17. The van der Waals surface area contributed by atoms with E-state index >= 15 is 0 Å². The lowest BCUT2D eigenvalue weighted by atomic mass is 10.1. The monoisotopic (exact) mass is 380 g/mol. The third-order valence-electron chi connectivity index (χ3n) is 4.16. The molecule has 0 aliphatic carbocycles. The number of anilines is 1. The van der Waals surface area contributed by atoms with Gasteiger partial charge in [-0.15, -0.1) is 0 Å². The van der Waals surface area contributed by atoms with Crippen molar-refractivity contribution >= 4 is 17.5 Å². The van der Waals surface area contributed by atoms with Gasteiger partial charge in [-0.3, -0.25) is 9.59 Å². The first-order valence-corrected chi connectivity index (χ1v) is 8.60. The standard InChI is InChI=1S/C22H18F2N2O2/c1-26(14-15-6-3-2-4-7-15)22(28)17-9-5-8-16(12-17)21(27)25-18-10-11-19(23)20(24)13-18/h2-13H,14H2,1H3,(H,25,27). The fraction of sp³-hybridized carbons (Fsp3) is 0.0909. The van der Waals surface area contributed by atoms with Crippen molar-refractivity contribution in [1.29, 1.82) is 0 Å². The van der Waals surface area contributed by atoms with Crippen LogP contribution in [0, 0.1) is 11.6 Å². The van der Waals surface area contributed by atoms with E-state index in [2.05, 4.69) is 5.32 Å². The van der Waals surface area contributed by atoms with E-state index in [4.69, 9.17) is 0 Å². The Hall–Kier alpha value is -3.54. The maximum absolute atomic E-state index is 13.3. The molecule has 6 heteroatoms. The first-order valence-electron chi connectivity index (χ1n) is 8.60. The Kier molecular flexibility index (Phi) is 5.79. The molecule has 0 radical (unpaired) electrons. The van der Waals surface area contributed by atoms with Crippen LogP contribution in [0.2, 0.25) is 0 Å². The summed E-state index contributed by atoms with van der Waals surface area (Å²) in [5.41, 5.74) is 1.72. The zero-order valence-corrected chi connectivity index (χ0v) is 15.2. The Morgan fingerprint density at radius 1 is 0.857 bits per heavy atom. The van der Waals surface area contributed by atoms with Gasteiger partial charge in [0.1, 0.15) is 0 Å². The van der Waals surface area contributed by atoms with Crippen molar-refractivity contribution in [2.45, 2.75) is 6.54 Å². The maximum atomic E-state index is 13.3. The highest BCUT2D eigenvalue weighted by Gasteiger charge is 2.15. The number of carbonyl (C=O) groups is 2. The van der Waals surface area contributed by atoms with Crippen molar-refractivity contribution in [3.8, 4) is 0 Å². The summed E-state index contributed by atoms with van der Waals surface area (Å²) in [5.74, 6) is -2.80. The normalized spacial score (nSPS) is 10.4. The van der Waals surface area contributed by atoms with Crippen LogP contribution in [-0.4, -0.2) is 23.8 Å². The molecule has 0 aromatic heterocycles. The van der Waals surface area contributed by atoms with Crippen molar-refractivity contribution in [1.82, 2.24) is 4.90 Å². The number of hydrogen-bond donors (Lipinski definition) is 1. The van der Waals surface area contributed by atoms with Gasteiger partial charge in [0.25, 0.3) is 11.8 Å². The third kappa shape index (κ3) is 4.59. The zero-order valence-electron chi connectivity index (χ0n) is 15.2. The third-order valence-corrected chi connectivity index (χ3v) is 4.16. The summed E-state index contributed by atoms with van der Waals surface area (Å²) in [6.07, 6.45) is 0. The lowest BCUT2D eigenvalue weighted by molar-refractivity contribution is 0.0785. The number of benzene rings is 3. The molecule has 1 N–H and O–H groups in total. The van der Waals surface area contributed by atoms with Crippen LogP contribution in [0.15, 0.2) is 72.8 Å². The molecule has 28 heavy (non-hydrogen) atoms. The summed E-state index contributed by atoms with van der Waals surface area (Å²) in [6.45, 7) is 0.435. The van der Waals surface area contributed by atoms with Gasteiger partial charge in [-0.1, -0.05) is 36.4 Å². The van der Waals surface area contributed by atoms with Crippen LogP contribution in [0.1, 0.15) is 26.3 Å². The van der Waals surface area contributed by atoms with Crippen molar-refractivity contribution in [3.63, 3.8) is 0 Å². The molecule has 0 fully saturated rings. The van der Waals surface area contributed by atoms with E-state index in [0.29, 0.717) is 12.1 Å². The van der Waals surface area contributed by atoms with Gasteiger partial charge < -0.3 is 10.2 Å². The van der Waals surface area contributed by atoms with E-state index in [1.165, 1.54) is 12.1 Å². The first-order chi connectivity index (χ1) is 13.4. The minimum atomic E-state index is -1.05. The molecule has 0 aliphatic rings. The molecular weight excluding hydrogens is 362 g/mol. The van der Waals surface area contributed by atoms with Crippen LogP contribution in [-0.2, 0) is 6.54 Å². The highest BCUT2D eigenvalue weighted by atomic mass is 19.2. The van der Waals surface area contributed by atoms with Gasteiger partial charge in [0.15, 0.2) is 11.6 Å². The number of carbonyl (C=O) groups excluding carboxylic acids is 2. The minimum Gasteiger partial charge on any atom is -0.337 e. The predicted octanol–water partition coefficient (Wildman–Crippen LogP) is 4.49. The van der Waals surface area contributed by atoms with E-state index in [1.807, 2.05) is 30.3 Å². The maximum Gasteiger partial charge on any atom is 0.255 e. The number of nitrogens with zero attached hydrogens (tertiary/aromatic N) is 1. The van der Waals surface area contributed by atoms with Gasteiger partial charge in [0.05, 0.1) is 0 Å². The Balaban J connectivity index is 1.72. The molecule has 3 aromatic rings. The van der Waals surface area contributed by atoms with Gasteiger partial charge >= 0.3 is 0 Å². The SMILES string of the molecule is CN(Cc1ccccc1)C(=O)c1cccc(C(=O)Nc2ccc(F)c(F)c2)c1. The molecule has 0 heterocycles. The molecule has 0 spiro atoms. The molecule has 3 rings (SSSR count). The van der Waals surface area contributed by atoms with Crippen LogP contribution in [0.25, 0.3) is 0 Å². The summed E-state index contributed by atoms with van der Waals surface area (Å²) in [4.78, 5) is 26.6. The van der Waals surface area contributed by atoms with E-state index in [1.54, 1.807) is 30.1 Å². The van der Waals surface area contributed by atoms with Gasteiger partial charge in [0.2, 0.25) is 0 Å². The van der Waals surface area contributed by atoms with E-state index < -0.39 is 17.5 Å². The molecule has 0 aliphatic heterocycles. The molecule has 142 valence electrons. The Morgan fingerprint density at radius 2 is 1.57 bits per heavy atom. The fourth-order valence-corrected chi connectivity index (χ4v) is 2.72. The topological polar surface area (TPSA) is 49.4 Å². The molecule has 0 saturated carbocycles. The van der Waals surface area contributed by atoms with Crippen molar-refractivity contribution in [3.05, 3.63) is 101 Å². The summed E-state index contributed by atoms with van der Waals surface area (Å²) in [7, 11) is 1.68. The van der Waals surface area contributed by atoms with Gasteiger partial charge in [-0.25, -0.2) is 8.78 Å². The van der Waals surface area contributed by atoms with Crippen molar-refractivity contribution < 1.29 is 18.4 Å². The summed E-state index contributed by atoms with van der Waals surface area (Å²) in [5, 5.41) is 2.49. The van der Waals surface area contributed by atoms with Gasteiger partial charge in [0, 0.05) is 36.5 Å². The number of amides is 2. The molecule has 3 aromatic carbocycles. The highest BCUT2D eigenvalue weighted by Crippen LogP contribution is 2.16. The van der Waals surface area contributed by atoms with Crippen LogP contribution in [0.4, 0.5) is 14.5 Å². The summed E-state index contributed by atoms with van der Waals surface area (Å²) in [6, 6.07) is 18.9. The Bertz CT molecular complexity index is 1010. The van der Waals surface area contributed by atoms with Crippen LogP contribution >= 0.6 is 0 Å². The van der Waals surface area contributed by atoms with E-state index in [0.717, 1.165) is 17.7 Å². The molecule has 0 bridgehead atoms. The first kappa shape index (κ1) is 19.2. The van der Waals surface area contributed by atoms with Gasteiger partial charge in [-0.05, 0) is 35.9 Å². The Labute approximate surface area is 161 Å². The summed E-state index contributed by atoms with van der Waals surface area (Å²) >= 11 is 0. The summed E-state index contributed by atoms with van der Waals surface area (Å²) < 4.78 is 26.3. The van der Waals surface area contributed by atoms with Crippen LogP contribution in [0.5, 0.6) is 0 Å². The molecule has 0 saturated heterocycles. The second-order valence-electron chi connectivity index (χ2n) is 6.31. The second-order valence-corrected chi connectivity index (χ2v) is 6.31. The number of rotatable bonds is 5. The number of halogens is 2. The lowest BCUT2D eigenvalue weighted by Crippen LogP contribution is -2.26. The van der Waals surface area contributed by atoms with Crippen molar-refractivity contribution in [2.75, 3.05) is 12.4 Å². The molecular formula is C22H18F2N2O2. The highest BCUT2D eigenvalue weighted by molar-refractivity contribution is 6.06. The Morgan fingerprint density at radius 3 is 2.29 bits per heavy atom. The number of nitrogens with one attached hydrogen (secondary N) is 1. The number of hydrogen-bond acceptors (Lipinski definition) is 2. The van der Waals surface area contributed by atoms with E-state index in [9.17, 15) is 18.4 Å². The smallest absolute Gasteiger partial charge is 0.255 e. The molecule has 0 unspecified atom stereocenters. The molecule has 2 amide bonds. The molecule has 4 nitrogen and oxygen atoms in total.